The molecule has 2 heterocycles. The van der Waals surface area contributed by atoms with Crippen LogP contribution in [-0.2, 0) is 4.74 Å². The highest BCUT2D eigenvalue weighted by Crippen LogP contribution is 2.34. The molecule has 36 heavy (non-hydrogen) atoms. The number of hydrogen-bond donors (Lipinski definition) is 2. The first-order valence-corrected chi connectivity index (χ1v) is 12.0. The number of phenolic OH excluding ortho intramolecular Hbond substituents is 1. The third-order valence-corrected chi connectivity index (χ3v) is 6.45. The Hall–Kier alpha value is -3.81. The molecule has 0 bridgehead atoms. The van der Waals surface area contributed by atoms with Crippen molar-refractivity contribution >= 4 is 16.8 Å². The maximum atomic E-state index is 14.4. The summed E-state index contributed by atoms with van der Waals surface area (Å²) < 4.78 is 19.9. The van der Waals surface area contributed by atoms with Gasteiger partial charge in [-0.1, -0.05) is 24.3 Å². The first kappa shape index (κ1) is 23.9. The number of amides is 1. The van der Waals surface area contributed by atoms with Crippen LogP contribution in [0.15, 0.2) is 66.9 Å². The van der Waals surface area contributed by atoms with Crippen LogP contribution in [0.25, 0.3) is 33.2 Å². The molecule has 0 spiro atoms. The molecule has 1 atom stereocenters. The van der Waals surface area contributed by atoms with Crippen LogP contribution in [0.4, 0.5) is 4.39 Å². The van der Waals surface area contributed by atoms with E-state index in [1.165, 1.54) is 12.1 Å². The number of pyridine rings is 1. The smallest absolute Gasteiger partial charge is 0.255 e. The topological polar surface area (TPSA) is 74.7 Å². The van der Waals surface area contributed by atoms with Crippen molar-refractivity contribution in [2.24, 2.45) is 0 Å². The Balaban J connectivity index is 1.67. The monoisotopic (exact) mass is 485 g/mol. The van der Waals surface area contributed by atoms with Gasteiger partial charge in [-0.05, 0) is 65.6 Å². The summed E-state index contributed by atoms with van der Waals surface area (Å²) in [4.78, 5) is 20.3. The summed E-state index contributed by atoms with van der Waals surface area (Å²) in [6.45, 7) is 4.22. The molecule has 1 amide bonds. The first-order chi connectivity index (χ1) is 17.4. The summed E-state index contributed by atoms with van der Waals surface area (Å²) in [5.74, 6) is -0.387. The number of hydrogen-bond acceptors (Lipinski definition) is 5. The van der Waals surface area contributed by atoms with Crippen LogP contribution in [0.3, 0.4) is 0 Å². The third-order valence-electron chi connectivity index (χ3n) is 6.45. The minimum Gasteiger partial charge on any atom is -0.508 e. The average molecular weight is 486 g/mol. The van der Waals surface area contributed by atoms with Crippen LogP contribution < -0.4 is 5.32 Å². The number of carbonyl (C=O) groups is 1. The normalized spacial score (nSPS) is 15.7. The van der Waals surface area contributed by atoms with E-state index >= 15 is 0 Å². The Kier molecular flexibility index (Phi) is 6.67. The lowest BCUT2D eigenvalue weighted by Gasteiger charge is -2.29. The molecule has 1 unspecified atom stereocenters. The van der Waals surface area contributed by atoms with E-state index < -0.39 is 0 Å². The van der Waals surface area contributed by atoms with Crippen LogP contribution in [0.2, 0.25) is 0 Å². The van der Waals surface area contributed by atoms with Crippen molar-refractivity contribution in [1.29, 1.82) is 0 Å². The van der Waals surface area contributed by atoms with Crippen molar-refractivity contribution in [2.75, 3.05) is 33.4 Å². The Morgan fingerprint density at radius 2 is 1.97 bits per heavy atom. The van der Waals surface area contributed by atoms with Crippen molar-refractivity contribution in [2.45, 2.75) is 13.0 Å². The summed E-state index contributed by atoms with van der Waals surface area (Å²) in [6.07, 6.45) is 1.65. The highest BCUT2D eigenvalue weighted by molar-refractivity contribution is 6.12. The van der Waals surface area contributed by atoms with E-state index in [9.17, 15) is 14.3 Å². The molecule has 2 N–H and O–H groups in total. The predicted octanol–water partition coefficient (Wildman–Crippen LogP) is 4.78. The van der Waals surface area contributed by atoms with Gasteiger partial charge in [0.15, 0.2) is 0 Å². The van der Waals surface area contributed by atoms with Gasteiger partial charge in [0.05, 0.1) is 24.3 Å². The number of aryl methyl sites for hydroxylation is 1. The lowest BCUT2D eigenvalue weighted by molar-refractivity contribution is 0.0566. The van der Waals surface area contributed by atoms with Gasteiger partial charge in [-0.25, -0.2) is 4.39 Å². The van der Waals surface area contributed by atoms with E-state index in [-0.39, 0.29) is 23.5 Å². The fraction of sp³-hybridized carbons (Fsp3) is 0.241. The molecule has 4 aromatic rings. The van der Waals surface area contributed by atoms with Crippen LogP contribution in [0.1, 0.15) is 15.9 Å². The summed E-state index contributed by atoms with van der Waals surface area (Å²) in [7, 11) is 1.77. The Morgan fingerprint density at radius 3 is 2.72 bits per heavy atom. The van der Waals surface area contributed by atoms with Gasteiger partial charge in [-0.3, -0.25) is 9.78 Å². The molecule has 184 valence electrons. The van der Waals surface area contributed by atoms with E-state index in [0.29, 0.717) is 47.4 Å². The number of nitrogens with zero attached hydrogens (tertiary/aromatic N) is 2. The second-order valence-electron chi connectivity index (χ2n) is 9.26. The second-order valence-corrected chi connectivity index (χ2v) is 9.26. The molecule has 1 saturated heterocycles. The molecule has 0 aliphatic carbocycles. The highest BCUT2D eigenvalue weighted by Gasteiger charge is 2.24. The molecular formula is C29H28FN3O3. The number of morpholine rings is 1. The van der Waals surface area contributed by atoms with E-state index in [0.717, 1.165) is 23.2 Å². The van der Waals surface area contributed by atoms with Gasteiger partial charge in [0.2, 0.25) is 0 Å². The number of aromatic nitrogens is 1. The Bertz CT molecular complexity index is 1410. The fourth-order valence-electron chi connectivity index (χ4n) is 4.74. The number of halogens is 1. The zero-order valence-electron chi connectivity index (χ0n) is 20.3. The SMILES string of the molecule is Cc1cc(F)cc(-c2cnc3ccc(-c4cccc(O)c4)cc3c2C(=O)N(C)CC2COCCN2)c1. The van der Waals surface area contributed by atoms with Crippen molar-refractivity contribution in [3.63, 3.8) is 0 Å². The van der Waals surface area contributed by atoms with Gasteiger partial charge >= 0.3 is 0 Å². The fourth-order valence-corrected chi connectivity index (χ4v) is 4.74. The highest BCUT2D eigenvalue weighted by atomic mass is 19.1. The van der Waals surface area contributed by atoms with Crippen LogP contribution in [0.5, 0.6) is 5.75 Å². The zero-order valence-corrected chi connectivity index (χ0v) is 20.3. The molecule has 1 aromatic heterocycles. The van der Waals surface area contributed by atoms with Crippen molar-refractivity contribution in [3.05, 3.63) is 83.8 Å². The number of phenols is 1. The van der Waals surface area contributed by atoms with Crippen molar-refractivity contribution in [1.82, 2.24) is 15.2 Å². The Morgan fingerprint density at radius 1 is 1.14 bits per heavy atom. The predicted molar refractivity (Wildman–Crippen MR) is 139 cm³/mol. The quantitative estimate of drug-likeness (QED) is 0.426. The van der Waals surface area contributed by atoms with Gasteiger partial charge in [-0.15, -0.1) is 0 Å². The van der Waals surface area contributed by atoms with Gasteiger partial charge in [0.25, 0.3) is 5.91 Å². The van der Waals surface area contributed by atoms with E-state index in [1.54, 1.807) is 36.3 Å². The summed E-state index contributed by atoms with van der Waals surface area (Å²) >= 11 is 0. The number of ether oxygens (including phenoxy) is 1. The number of rotatable bonds is 5. The number of nitrogens with one attached hydrogen (secondary N) is 1. The van der Waals surface area contributed by atoms with Gasteiger partial charge in [-0.2, -0.15) is 0 Å². The first-order valence-electron chi connectivity index (χ1n) is 12.0. The molecule has 0 saturated carbocycles. The second kappa shape index (κ2) is 10.0. The van der Waals surface area contributed by atoms with E-state index in [2.05, 4.69) is 10.3 Å². The Labute approximate surface area is 209 Å². The maximum Gasteiger partial charge on any atom is 0.255 e. The average Bonchev–Trinajstić information content (AvgIpc) is 2.87. The molecule has 7 heteroatoms. The lowest BCUT2D eigenvalue weighted by Crippen LogP contribution is -2.48. The summed E-state index contributed by atoms with van der Waals surface area (Å²) in [5.41, 5.74) is 4.71. The summed E-state index contributed by atoms with van der Waals surface area (Å²) in [6, 6.07) is 17.4. The molecule has 1 aliphatic rings. The van der Waals surface area contributed by atoms with Crippen LogP contribution >= 0.6 is 0 Å². The number of benzene rings is 3. The number of carbonyl (C=O) groups excluding carboxylic acids is 1. The molecule has 5 rings (SSSR count). The maximum absolute atomic E-state index is 14.4. The van der Waals surface area contributed by atoms with E-state index in [1.807, 2.05) is 37.3 Å². The molecule has 1 aliphatic heterocycles. The number of likely N-dealkylation sites (N-methyl/N-ethyl adjacent to an activating group) is 1. The summed E-state index contributed by atoms with van der Waals surface area (Å²) in [5, 5.41) is 14.0. The van der Waals surface area contributed by atoms with Gasteiger partial charge in [0.1, 0.15) is 11.6 Å². The molecule has 3 aromatic carbocycles. The number of fused-ring (bicyclic) bond motifs is 1. The molecule has 0 radical (unpaired) electrons. The standard InChI is InChI=1S/C29H28FN3O3/c1-18-10-21(12-22(30)11-18)26-15-32-27-7-6-20(19-4-3-5-24(34)13-19)14-25(27)28(26)29(35)33(2)16-23-17-36-9-8-31-23/h3-7,10-15,23,31,34H,8-9,16-17H2,1-2H3. The lowest BCUT2D eigenvalue weighted by atomic mass is 9.93. The van der Waals surface area contributed by atoms with Gasteiger partial charge < -0.3 is 20.1 Å². The minimum absolute atomic E-state index is 0.0310. The van der Waals surface area contributed by atoms with Crippen LogP contribution in [-0.4, -0.2) is 60.3 Å². The third kappa shape index (κ3) is 4.94. The van der Waals surface area contributed by atoms with Crippen molar-refractivity contribution < 1.29 is 19.0 Å². The minimum atomic E-state index is -0.367. The molecular weight excluding hydrogens is 457 g/mol. The molecule has 6 nitrogen and oxygen atoms in total. The van der Waals surface area contributed by atoms with Crippen molar-refractivity contribution in [3.8, 4) is 28.0 Å². The van der Waals surface area contributed by atoms with Gasteiger partial charge in [0, 0.05) is 43.3 Å². The largest absolute Gasteiger partial charge is 0.508 e. The molecule has 1 fully saturated rings. The van der Waals surface area contributed by atoms with Crippen LogP contribution in [0, 0.1) is 12.7 Å². The zero-order chi connectivity index (χ0) is 25.2. The number of aromatic hydroxyl groups is 1. The van der Waals surface area contributed by atoms with E-state index in [4.69, 9.17) is 4.74 Å².